The van der Waals surface area contributed by atoms with Crippen LogP contribution >= 0.6 is 0 Å². The summed E-state index contributed by atoms with van der Waals surface area (Å²) in [6, 6.07) is 8.29. The molecular formula is C28H37N3O10. The van der Waals surface area contributed by atoms with Crippen molar-refractivity contribution in [1.29, 1.82) is 5.26 Å². The largest absolute Gasteiger partial charge is 0.495 e. The molecule has 13 heteroatoms. The van der Waals surface area contributed by atoms with E-state index in [1.807, 2.05) is 6.07 Å². The van der Waals surface area contributed by atoms with E-state index in [1.165, 1.54) is 58.4 Å². The monoisotopic (exact) mass is 575 g/mol. The number of carboxylic acids is 4. The van der Waals surface area contributed by atoms with Crippen LogP contribution < -0.4 is 9.47 Å². The Labute approximate surface area is 238 Å². The minimum Gasteiger partial charge on any atom is -0.495 e. The maximum atomic E-state index is 9.55. The first-order valence-corrected chi connectivity index (χ1v) is 13.0. The molecule has 0 bridgehead atoms. The van der Waals surface area contributed by atoms with Crippen molar-refractivity contribution in [2.45, 2.75) is 38.1 Å². The number of piperazine rings is 1. The minimum atomic E-state index is -1.26. The average Bonchev–Trinajstić information content (AvgIpc) is 2.95. The van der Waals surface area contributed by atoms with Gasteiger partial charge in [-0.3, -0.25) is 4.90 Å². The van der Waals surface area contributed by atoms with Crippen LogP contribution in [0.15, 0.2) is 42.5 Å². The van der Waals surface area contributed by atoms with Crippen molar-refractivity contribution >= 4 is 23.9 Å². The molecule has 2 fully saturated rings. The van der Waals surface area contributed by atoms with Gasteiger partial charge < -0.3 is 34.8 Å². The molecule has 4 N–H and O–H groups in total. The van der Waals surface area contributed by atoms with Crippen molar-refractivity contribution in [2.24, 2.45) is 0 Å². The number of fused-ring (bicyclic) bond motifs is 1. The van der Waals surface area contributed by atoms with Gasteiger partial charge in [-0.1, -0.05) is 6.42 Å². The zero-order chi connectivity index (χ0) is 30.6. The highest BCUT2D eigenvalue weighted by atomic mass is 16.5. The van der Waals surface area contributed by atoms with Crippen molar-refractivity contribution in [3.05, 3.63) is 48.1 Å². The van der Waals surface area contributed by atoms with E-state index in [0.717, 1.165) is 18.2 Å². The van der Waals surface area contributed by atoms with Gasteiger partial charge >= 0.3 is 23.9 Å². The molecule has 1 unspecified atom stereocenters. The summed E-state index contributed by atoms with van der Waals surface area (Å²) in [5.74, 6) is -3.68. The molecule has 0 aliphatic carbocycles. The summed E-state index contributed by atoms with van der Waals surface area (Å²) in [6.07, 6.45) is 8.60. The third kappa shape index (κ3) is 15.7. The van der Waals surface area contributed by atoms with E-state index >= 15 is 0 Å². The van der Waals surface area contributed by atoms with Crippen LogP contribution in [0.4, 0.5) is 0 Å². The molecule has 2 heterocycles. The zero-order valence-corrected chi connectivity index (χ0v) is 23.0. The highest BCUT2D eigenvalue weighted by Crippen LogP contribution is 2.24. The summed E-state index contributed by atoms with van der Waals surface area (Å²) < 4.78 is 11.0. The predicted octanol–water partition coefficient (Wildman–Crippen LogP) is 2.32. The van der Waals surface area contributed by atoms with Crippen molar-refractivity contribution in [1.82, 2.24) is 9.80 Å². The number of carbonyl (C=O) groups is 4. The van der Waals surface area contributed by atoms with E-state index < -0.39 is 23.9 Å². The number of hydrogen-bond donors (Lipinski definition) is 4. The number of ether oxygens (including phenoxy) is 2. The number of piperidine rings is 1. The number of rotatable bonds is 11. The lowest BCUT2D eigenvalue weighted by molar-refractivity contribution is -0.134. The topological polar surface area (TPSA) is 198 Å². The fourth-order valence-corrected chi connectivity index (χ4v) is 4.19. The lowest BCUT2D eigenvalue weighted by atomic mass is 9.99. The Bertz CT molecular complexity index is 1050. The second-order valence-corrected chi connectivity index (χ2v) is 9.04. The predicted molar refractivity (Wildman–Crippen MR) is 147 cm³/mol. The molecule has 1 aromatic rings. The van der Waals surface area contributed by atoms with E-state index in [0.29, 0.717) is 42.2 Å². The Balaban J connectivity index is 0.000000433. The summed E-state index contributed by atoms with van der Waals surface area (Å²) in [5.41, 5.74) is 0.539. The zero-order valence-electron chi connectivity index (χ0n) is 23.0. The van der Waals surface area contributed by atoms with Crippen LogP contribution in [0.2, 0.25) is 0 Å². The molecule has 1 atom stereocenters. The fourth-order valence-electron chi connectivity index (χ4n) is 4.19. The van der Waals surface area contributed by atoms with Crippen LogP contribution in [0.5, 0.6) is 11.5 Å². The molecule has 0 amide bonds. The summed E-state index contributed by atoms with van der Waals surface area (Å²) in [6.45, 7) is 6.88. The molecule has 2 aliphatic rings. The number of nitriles is 1. The lowest BCUT2D eigenvalue weighted by Gasteiger charge is -2.44. The summed E-state index contributed by atoms with van der Waals surface area (Å²) in [5, 5.41) is 40.3. The molecule has 224 valence electrons. The van der Waals surface area contributed by atoms with Gasteiger partial charge in [-0.15, -0.1) is 0 Å². The molecule has 3 rings (SSSR count). The van der Waals surface area contributed by atoms with E-state index in [1.54, 1.807) is 19.2 Å². The molecular weight excluding hydrogens is 538 g/mol. The second-order valence-electron chi connectivity index (χ2n) is 9.04. The molecule has 0 aromatic heterocycles. The SMILES string of the molecule is COc1cc(OCCCCN2CCN3CCCCC3C2)ccc1C#N.O=C(O)/C=C/C(=O)O.O=C(O)/C=C/C(=O)O. The van der Waals surface area contributed by atoms with E-state index in [-0.39, 0.29) is 0 Å². The average molecular weight is 576 g/mol. The van der Waals surface area contributed by atoms with Crippen LogP contribution in [0, 0.1) is 11.3 Å². The van der Waals surface area contributed by atoms with Crippen LogP contribution in [0.25, 0.3) is 0 Å². The maximum absolute atomic E-state index is 9.55. The van der Waals surface area contributed by atoms with E-state index in [2.05, 4.69) is 15.9 Å². The number of nitrogens with zero attached hydrogens (tertiary/aromatic N) is 3. The first-order chi connectivity index (χ1) is 19.5. The number of carboxylic acid groups (broad SMARTS) is 4. The molecule has 0 saturated carbocycles. The van der Waals surface area contributed by atoms with Crippen molar-refractivity contribution < 1.29 is 49.1 Å². The minimum absolute atomic E-state index is 0.539. The Morgan fingerprint density at radius 3 is 2.07 bits per heavy atom. The molecule has 13 nitrogen and oxygen atoms in total. The van der Waals surface area contributed by atoms with Gasteiger partial charge in [0.2, 0.25) is 0 Å². The van der Waals surface area contributed by atoms with Crippen molar-refractivity contribution in [2.75, 3.05) is 46.4 Å². The standard InChI is InChI=1S/C20H29N3O2.2C4H4O4/c1-24-20-14-19(8-7-17(20)15-21)25-13-5-4-9-22-11-12-23-10-3-2-6-18(23)16-22;2*5-3(6)1-2-4(7)8/h7-8,14,18H,2-6,9-13,16H2,1H3;2*1-2H,(H,5,6)(H,7,8)/b;2*2-1+. The van der Waals surface area contributed by atoms with Crippen LogP contribution in [-0.2, 0) is 19.2 Å². The van der Waals surface area contributed by atoms with Gasteiger partial charge in [0.25, 0.3) is 0 Å². The number of unbranched alkanes of at least 4 members (excludes halogenated alkanes) is 1. The summed E-state index contributed by atoms with van der Waals surface area (Å²) in [4.78, 5) is 43.5. The molecule has 0 spiro atoms. The smallest absolute Gasteiger partial charge is 0.328 e. The van der Waals surface area contributed by atoms with Crippen molar-refractivity contribution in [3.8, 4) is 17.6 Å². The van der Waals surface area contributed by atoms with Crippen LogP contribution in [-0.4, -0.2) is 107 Å². The van der Waals surface area contributed by atoms with Gasteiger partial charge in [-0.25, -0.2) is 19.2 Å². The lowest BCUT2D eigenvalue weighted by Crippen LogP contribution is -2.54. The highest BCUT2D eigenvalue weighted by molar-refractivity contribution is 5.90. The Morgan fingerprint density at radius 2 is 1.54 bits per heavy atom. The summed E-state index contributed by atoms with van der Waals surface area (Å²) in [7, 11) is 1.58. The first-order valence-electron chi connectivity index (χ1n) is 13.0. The number of hydrogen-bond acceptors (Lipinski definition) is 9. The summed E-state index contributed by atoms with van der Waals surface area (Å²) >= 11 is 0. The number of benzene rings is 1. The van der Waals surface area contributed by atoms with Crippen LogP contribution in [0.3, 0.4) is 0 Å². The number of methoxy groups -OCH3 is 1. The van der Waals surface area contributed by atoms with Crippen molar-refractivity contribution in [3.63, 3.8) is 0 Å². The Morgan fingerprint density at radius 1 is 0.927 bits per heavy atom. The molecule has 2 saturated heterocycles. The normalized spacial score (nSPS) is 16.7. The molecule has 2 aliphatic heterocycles. The van der Waals surface area contributed by atoms with Gasteiger partial charge in [0.1, 0.15) is 17.6 Å². The van der Waals surface area contributed by atoms with E-state index in [4.69, 9.17) is 35.2 Å². The Hall–Kier alpha value is -4.41. The first kappa shape index (κ1) is 34.6. The third-order valence-corrected chi connectivity index (χ3v) is 6.09. The maximum Gasteiger partial charge on any atom is 0.328 e. The van der Waals surface area contributed by atoms with Gasteiger partial charge in [-0.05, 0) is 50.9 Å². The molecule has 1 aromatic carbocycles. The second kappa shape index (κ2) is 19.6. The Kier molecular flexibility index (Phi) is 16.6. The highest BCUT2D eigenvalue weighted by Gasteiger charge is 2.28. The number of aliphatic carboxylic acids is 4. The van der Waals surface area contributed by atoms with Gasteiger partial charge in [0, 0.05) is 56.0 Å². The molecule has 41 heavy (non-hydrogen) atoms. The van der Waals surface area contributed by atoms with Gasteiger partial charge in [0.05, 0.1) is 19.3 Å². The van der Waals surface area contributed by atoms with E-state index in [9.17, 15) is 19.2 Å². The van der Waals surface area contributed by atoms with Crippen LogP contribution in [0.1, 0.15) is 37.7 Å². The van der Waals surface area contributed by atoms with Gasteiger partial charge in [-0.2, -0.15) is 5.26 Å². The fraction of sp³-hybridized carbons (Fsp3) is 0.464. The van der Waals surface area contributed by atoms with Gasteiger partial charge in [0.15, 0.2) is 0 Å². The molecule has 0 radical (unpaired) electrons. The third-order valence-electron chi connectivity index (χ3n) is 6.09. The quantitative estimate of drug-likeness (QED) is 0.222.